The van der Waals surface area contributed by atoms with Crippen LogP contribution >= 0.6 is 11.6 Å². The minimum Gasteiger partial charge on any atom is -0.0843 e. The van der Waals surface area contributed by atoms with Crippen LogP contribution in [-0.2, 0) is 5.41 Å². The SMILES string of the molecule is CC(C)C[C@H](C)C1(c2ccc(Cl)cc2)CCC1. The van der Waals surface area contributed by atoms with Gasteiger partial charge in [0.25, 0.3) is 0 Å². The fourth-order valence-corrected chi connectivity index (χ4v) is 3.46. The highest BCUT2D eigenvalue weighted by Crippen LogP contribution is 2.51. The van der Waals surface area contributed by atoms with Gasteiger partial charge >= 0.3 is 0 Å². The Hall–Kier alpha value is -0.490. The average Bonchev–Trinajstić information content (AvgIpc) is 2.18. The molecule has 0 unspecified atom stereocenters. The van der Waals surface area contributed by atoms with E-state index in [2.05, 4.69) is 32.9 Å². The third-order valence-corrected chi connectivity index (χ3v) is 4.69. The van der Waals surface area contributed by atoms with Gasteiger partial charge in [-0.2, -0.15) is 0 Å². The van der Waals surface area contributed by atoms with Crippen LogP contribution in [0.25, 0.3) is 0 Å². The molecule has 0 aromatic heterocycles. The summed E-state index contributed by atoms with van der Waals surface area (Å²) in [5.41, 5.74) is 1.94. The third-order valence-electron chi connectivity index (χ3n) is 4.43. The highest BCUT2D eigenvalue weighted by Gasteiger charge is 2.43. The van der Waals surface area contributed by atoms with Crippen molar-refractivity contribution in [1.82, 2.24) is 0 Å². The zero-order chi connectivity index (χ0) is 12.5. The van der Waals surface area contributed by atoms with Crippen molar-refractivity contribution in [3.63, 3.8) is 0 Å². The monoisotopic (exact) mass is 250 g/mol. The van der Waals surface area contributed by atoms with Crippen molar-refractivity contribution in [3.05, 3.63) is 34.9 Å². The Morgan fingerprint density at radius 1 is 1.12 bits per heavy atom. The van der Waals surface area contributed by atoms with Crippen molar-refractivity contribution < 1.29 is 0 Å². The Morgan fingerprint density at radius 3 is 2.12 bits per heavy atom. The molecule has 0 saturated heterocycles. The van der Waals surface area contributed by atoms with Gasteiger partial charge in [-0.05, 0) is 54.2 Å². The Morgan fingerprint density at radius 2 is 1.71 bits per heavy atom. The quantitative estimate of drug-likeness (QED) is 0.667. The highest BCUT2D eigenvalue weighted by molar-refractivity contribution is 6.30. The lowest BCUT2D eigenvalue weighted by molar-refractivity contribution is 0.138. The standard InChI is InChI=1S/C16H23Cl/c1-12(2)11-13(3)16(9-4-10-16)14-5-7-15(17)8-6-14/h5-8,12-13H,4,9-11H2,1-3H3/t13-/m0/s1. The molecule has 1 atom stereocenters. The molecule has 1 aliphatic rings. The maximum absolute atomic E-state index is 5.99. The van der Waals surface area contributed by atoms with Gasteiger partial charge in [-0.1, -0.05) is 50.9 Å². The first kappa shape index (κ1) is 13.0. The summed E-state index contributed by atoms with van der Waals surface area (Å²) in [5.74, 6) is 1.56. The van der Waals surface area contributed by atoms with Crippen LogP contribution in [0, 0.1) is 11.8 Å². The molecule has 0 nitrogen and oxygen atoms in total. The largest absolute Gasteiger partial charge is 0.0843 e. The van der Waals surface area contributed by atoms with E-state index in [0.29, 0.717) is 5.41 Å². The first-order valence-electron chi connectivity index (χ1n) is 6.80. The average molecular weight is 251 g/mol. The van der Waals surface area contributed by atoms with E-state index in [0.717, 1.165) is 16.9 Å². The molecule has 1 aromatic rings. The summed E-state index contributed by atoms with van der Waals surface area (Å²) < 4.78 is 0. The van der Waals surface area contributed by atoms with Gasteiger partial charge in [-0.3, -0.25) is 0 Å². The molecule has 0 bridgehead atoms. The van der Waals surface area contributed by atoms with Crippen LogP contribution in [0.3, 0.4) is 0 Å². The van der Waals surface area contributed by atoms with Crippen molar-refractivity contribution in [2.24, 2.45) is 11.8 Å². The van der Waals surface area contributed by atoms with Crippen LogP contribution in [0.5, 0.6) is 0 Å². The van der Waals surface area contributed by atoms with E-state index in [1.54, 1.807) is 0 Å². The van der Waals surface area contributed by atoms with E-state index in [1.165, 1.54) is 31.2 Å². The second-order valence-electron chi connectivity index (χ2n) is 6.05. The summed E-state index contributed by atoms with van der Waals surface area (Å²) in [6.45, 7) is 7.07. The molecule has 0 heterocycles. The number of rotatable bonds is 4. The lowest BCUT2D eigenvalue weighted by Crippen LogP contribution is -2.41. The minimum absolute atomic E-state index is 0.439. The number of halogens is 1. The van der Waals surface area contributed by atoms with E-state index in [-0.39, 0.29) is 0 Å². The summed E-state index contributed by atoms with van der Waals surface area (Å²) in [4.78, 5) is 0. The van der Waals surface area contributed by atoms with Crippen molar-refractivity contribution in [3.8, 4) is 0 Å². The molecule has 0 aliphatic heterocycles. The molecule has 1 aliphatic carbocycles. The molecule has 2 rings (SSSR count). The van der Waals surface area contributed by atoms with Gasteiger partial charge in [0.1, 0.15) is 0 Å². The molecule has 0 amide bonds. The second kappa shape index (κ2) is 5.02. The molecule has 0 spiro atoms. The van der Waals surface area contributed by atoms with Gasteiger partial charge in [-0.15, -0.1) is 0 Å². The van der Waals surface area contributed by atoms with Crippen LogP contribution in [0.4, 0.5) is 0 Å². The fourth-order valence-electron chi connectivity index (χ4n) is 3.34. The summed E-state index contributed by atoms with van der Waals surface area (Å²) in [7, 11) is 0. The maximum Gasteiger partial charge on any atom is 0.0406 e. The summed E-state index contributed by atoms with van der Waals surface area (Å²) in [6.07, 6.45) is 5.40. The van der Waals surface area contributed by atoms with Gasteiger partial charge in [0, 0.05) is 5.02 Å². The predicted octanol–water partition coefficient (Wildman–Crippen LogP) is 5.44. The van der Waals surface area contributed by atoms with Crippen LogP contribution in [0.1, 0.15) is 52.0 Å². The zero-order valence-electron chi connectivity index (χ0n) is 11.2. The molecular weight excluding hydrogens is 228 g/mol. The first-order valence-corrected chi connectivity index (χ1v) is 7.18. The van der Waals surface area contributed by atoms with Crippen LogP contribution < -0.4 is 0 Å². The minimum atomic E-state index is 0.439. The van der Waals surface area contributed by atoms with Gasteiger partial charge in [0.15, 0.2) is 0 Å². The number of benzene rings is 1. The Balaban J connectivity index is 2.22. The van der Waals surface area contributed by atoms with Crippen molar-refractivity contribution in [1.29, 1.82) is 0 Å². The van der Waals surface area contributed by atoms with Gasteiger partial charge in [0.05, 0.1) is 0 Å². The van der Waals surface area contributed by atoms with E-state index >= 15 is 0 Å². The summed E-state index contributed by atoms with van der Waals surface area (Å²) in [6, 6.07) is 8.55. The molecule has 1 saturated carbocycles. The lowest BCUT2D eigenvalue weighted by Gasteiger charge is -2.48. The van der Waals surface area contributed by atoms with Gasteiger partial charge < -0.3 is 0 Å². The van der Waals surface area contributed by atoms with Crippen molar-refractivity contribution in [2.45, 2.75) is 51.9 Å². The van der Waals surface area contributed by atoms with E-state index < -0.39 is 0 Å². The van der Waals surface area contributed by atoms with E-state index in [4.69, 9.17) is 11.6 Å². The molecule has 1 heteroatoms. The van der Waals surface area contributed by atoms with E-state index in [9.17, 15) is 0 Å². The molecule has 17 heavy (non-hydrogen) atoms. The lowest BCUT2D eigenvalue weighted by atomic mass is 9.56. The predicted molar refractivity (Wildman–Crippen MR) is 75.6 cm³/mol. The van der Waals surface area contributed by atoms with Crippen molar-refractivity contribution in [2.75, 3.05) is 0 Å². The first-order chi connectivity index (χ1) is 8.04. The molecule has 1 fully saturated rings. The molecule has 1 aromatic carbocycles. The van der Waals surface area contributed by atoms with Crippen molar-refractivity contribution >= 4 is 11.6 Å². The Labute approximate surface area is 110 Å². The highest BCUT2D eigenvalue weighted by atomic mass is 35.5. The molecule has 0 radical (unpaired) electrons. The second-order valence-corrected chi connectivity index (χ2v) is 6.48. The van der Waals surface area contributed by atoms with E-state index in [1.807, 2.05) is 12.1 Å². The number of hydrogen-bond acceptors (Lipinski definition) is 0. The molecular formula is C16H23Cl. The number of hydrogen-bond donors (Lipinski definition) is 0. The fraction of sp³-hybridized carbons (Fsp3) is 0.625. The normalized spacial score (nSPS) is 20.1. The van der Waals surface area contributed by atoms with Crippen LogP contribution in [0.15, 0.2) is 24.3 Å². The Bertz CT molecular complexity index is 360. The van der Waals surface area contributed by atoms with Gasteiger partial charge in [0.2, 0.25) is 0 Å². The summed E-state index contributed by atoms with van der Waals surface area (Å²) in [5, 5.41) is 0.847. The third kappa shape index (κ3) is 2.52. The van der Waals surface area contributed by atoms with Crippen LogP contribution in [0.2, 0.25) is 5.02 Å². The topological polar surface area (TPSA) is 0 Å². The Kier molecular flexibility index (Phi) is 3.82. The van der Waals surface area contributed by atoms with Gasteiger partial charge in [-0.25, -0.2) is 0 Å². The molecule has 94 valence electrons. The maximum atomic E-state index is 5.99. The van der Waals surface area contributed by atoms with Crippen LogP contribution in [-0.4, -0.2) is 0 Å². The summed E-state index contributed by atoms with van der Waals surface area (Å²) >= 11 is 5.99. The zero-order valence-corrected chi connectivity index (χ0v) is 11.9. The molecule has 0 N–H and O–H groups in total. The smallest absolute Gasteiger partial charge is 0.0406 e.